The molecular weight excluding hydrogens is 366 g/mol. The number of carbonyl (C=O) groups excluding carboxylic acids is 2. The third kappa shape index (κ3) is 5.69. The van der Waals surface area contributed by atoms with Crippen LogP contribution in [0.25, 0.3) is 0 Å². The van der Waals surface area contributed by atoms with Crippen molar-refractivity contribution in [2.75, 3.05) is 37.6 Å². The molecule has 1 aliphatic carbocycles. The molecule has 1 saturated carbocycles. The maximum Gasteiger partial charge on any atom is 0.237 e. The van der Waals surface area contributed by atoms with Gasteiger partial charge < -0.3 is 10.6 Å². The summed E-state index contributed by atoms with van der Waals surface area (Å²) in [6.07, 6.45) is 8.62. The molecule has 2 heterocycles. The lowest BCUT2D eigenvalue weighted by Crippen LogP contribution is -2.56. The van der Waals surface area contributed by atoms with Gasteiger partial charge in [0, 0.05) is 51.8 Å². The number of hydrazine groups is 1. The van der Waals surface area contributed by atoms with Crippen LogP contribution in [-0.4, -0.2) is 59.5 Å². The molecule has 7 nitrogen and oxygen atoms in total. The highest BCUT2D eigenvalue weighted by molar-refractivity contribution is 5.79. The number of nitrogens with two attached hydrogens (primary N) is 1. The highest BCUT2D eigenvalue weighted by Crippen LogP contribution is 2.44. The summed E-state index contributed by atoms with van der Waals surface area (Å²) in [6.45, 7) is 6.18. The van der Waals surface area contributed by atoms with Gasteiger partial charge in [-0.05, 0) is 36.8 Å². The second-order valence-corrected chi connectivity index (χ2v) is 8.53. The molecule has 1 aliphatic heterocycles. The Hall–Kier alpha value is -2.15. The van der Waals surface area contributed by atoms with E-state index in [1.165, 1.54) is 0 Å². The number of nitrogens with zero attached hydrogens (tertiary/aromatic N) is 4. The molecule has 160 valence electrons. The van der Waals surface area contributed by atoms with E-state index in [2.05, 4.69) is 21.8 Å². The van der Waals surface area contributed by atoms with Crippen molar-refractivity contribution in [2.45, 2.75) is 58.3 Å². The van der Waals surface area contributed by atoms with E-state index in [-0.39, 0.29) is 17.2 Å². The molecule has 1 saturated heterocycles. The first kappa shape index (κ1) is 21.6. The fourth-order valence-electron chi connectivity index (χ4n) is 4.76. The van der Waals surface area contributed by atoms with Crippen LogP contribution in [0.5, 0.6) is 0 Å². The van der Waals surface area contributed by atoms with E-state index in [1.807, 2.05) is 29.4 Å². The zero-order valence-electron chi connectivity index (χ0n) is 17.7. The molecule has 2 N–H and O–H groups in total. The Balaban J connectivity index is 1.64. The van der Waals surface area contributed by atoms with Gasteiger partial charge in [-0.25, -0.2) is 9.99 Å². The van der Waals surface area contributed by atoms with Gasteiger partial charge >= 0.3 is 0 Å². The van der Waals surface area contributed by atoms with Crippen molar-refractivity contribution >= 4 is 17.6 Å². The highest BCUT2D eigenvalue weighted by Gasteiger charge is 2.39. The predicted molar refractivity (Wildman–Crippen MR) is 114 cm³/mol. The van der Waals surface area contributed by atoms with Crippen LogP contribution in [0, 0.1) is 5.41 Å². The Kier molecular flexibility index (Phi) is 7.47. The first-order valence-corrected chi connectivity index (χ1v) is 11.0. The minimum absolute atomic E-state index is 0.146. The maximum absolute atomic E-state index is 13.3. The van der Waals surface area contributed by atoms with Crippen LogP contribution in [-0.2, 0) is 9.59 Å². The van der Waals surface area contributed by atoms with Crippen LogP contribution in [0.15, 0.2) is 24.4 Å². The van der Waals surface area contributed by atoms with Crippen LogP contribution in [0.2, 0.25) is 0 Å². The van der Waals surface area contributed by atoms with E-state index in [0.717, 1.165) is 77.1 Å². The molecule has 1 aromatic rings. The van der Waals surface area contributed by atoms with Gasteiger partial charge in [0.2, 0.25) is 11.8 Å². The minimum Gasteiger partial charge on any atom is -0.370 e. The quantitative estimate of drug-likeness (QED) is 0.688. The highest BCUT2D eigenvalue weighted by atomic mass is 16.2. The summed E-state index contributed by atoms with van der Waals surface area (Å²) in [5, 5.41) is 4.16. The molecule has 0 bridgehead atoms. The normalized spacial score (nSPS) is 19.3. The molecule has 7 heteroatoms. The van der Waals surface area contributed by atoms with Gasteiger partial charge in [-0.2, -0.15) is 0 Å². The largest absolute Gasteiger partial charge is 0.370 e. The van der Waals surface area contributed by atoms with E-state index in [4.69, 9.17) is 5.73 Å². The number of hydrogen-bond acceptors (Lipinski definition) is 5. The van der Waals surface area contributed by atoms with Gasteiger partial charge in [0.25, 0.3) is 0 Å². The lowest BCUT2D eigenvalue weighted by atomic mass is 9.79. The number of rotatable bonds is 9. The third-order valence-corrected chi connectivity index (χ3v) is 6.32. The molecule has 2 amide bonds. The van der Waals surface area contributed by atoms with Crippen molar-refractivity contribution in [3.05, 3.63) is 24.4 Å². The first-order valence-electron chi connectivity index (χ1n) is 11.0. The SMILES string of the molecule is CCCCN(C(=O)CC1(CC(N)=O)CCCC1)N1CCN(c2ccccn2)CC1. The molecule has 0 spiro atoms. The standard InChI is InChI=1S/C22H35N5O2/c1-2-3-12-27(21(29)18-22(17-19(23)28)9-5-6-10-22)26-15-13-25(14-16-26)20-8-4-7-11-24-20/h4,7-8,11H,2-3,5-6,9-10,12-18H2,1H3,(H2,23,28). The molecule has 29 heavy (non-hydrogen) atoms. The van der Waals surface area contributed by atoms with Crippen LogP contribution in [0.4, 0.5) is 5.82 Å². The molecule has 0 atom stereocenters. The lowest BCUT2D eigenvalue weighted by Gasteiger charge is -2.42. The van der Waals surface area contributed by atoms with Crippen molar-refractivity contribution in [3.8, 4) is 0 Å². The van der Waals surface area contributed by atoms with E-state index >= 15 is 0 Å². The number of anilines is 1. The van der Waals surface area contributed by atoms with Gasteiger partial charge in [0.05, 0.1) is 0 Å². The number of carbonyl (C=O) groups is 2. The Morgan fingerprint density at radius 3 is 2.45 bits per heavy atom. The van der Waals surface area contributed by atoms with Crippen LogP contribution in [0.1, 0.15) is 58.3 Å². The van der Waals surface area contributed by atoms with Crippen molar-refractivity contribution in [2.24, 2.45) is 11.1 Å². The summed E-state index contributed by atoms with van der Waals surface area (Å²) in [4.78, 5) is 31.7. The molecular formula is C22H35N5O2. The molecule has 1 aromatic heterocycles. The molecule has 2 fully saturated rings. The van der Waals surface area contributed by atoms with Crippen LogP contribution in [0.3, 0.4) is 0 Å². The monoisotopic (exact) mass is 401 g/mol. The fraction of sp³-hybridized carbons (Fsp3) is 0.682. The van der Waals surface area contributed by atoms with Crippen molar-refractivity contribution < 1.29 is 9.59 Å². The Morgan fingerprint density at radius 2 is 1.86 bits per heavy atom. The minimum atomic E-state index is -0.288. The summed E-state index contributed by atoms with van der Waals surface area (Å²) in [5.74, 6) is 0.849. The van der Waals surface area contributed by atoms with Gasteiger partial charge in [-0.15, -0.1) is 0 Å². The zero-order valence-corrected chi connectivity index (χ0v) is 17.7. The number of primary amides is 1. The summed E-state index contributed by atoms with van der Waals surface area (Å²) < 4.78 is 0. The average molecular weight is 402 g/mol. The number of amides is 2. The number of piperazine rings is 1. The smallest absolute Gasteiger partial charge is 0.237 e. The summed E-state index contributed by atoms with van der Waals surface area (Å²) in [5.41, 5.74) is 5.28. The second kappa shape index (κ2) is 10.1. The Labute approximate surface area is 174 Å². The Morgan fingerprint density at radius 1 is 1.14 bits per heavy atom. The summed E-state index contributed by atoms with van der Waals surface area (Å²) >= 11 is 0. The van der Waals surface area contributed by atoms with Crippen LogP contribution >= 0.6 is 0 Å². The molecule has 0 aromatic carbocycles. The van der Waals surface area contributed by atoms with Crippen molar-refractivity contribution in [1.29, 1.82) is 0 Å². The van der Waals surface area contributed by atoms with E-state index in [1.54, 1.807) is 0 Å². The second-order valence-electron chi connectivity index (χ2n) is 8.53. The van der Waals surface area contributed by atoms with E-state index in [0.29, 0.717) is 12.8 Å². The molecule has 2 aliphatic rings. The third-order valence-electron chi connectivity index (χ3n) is 6.32. The Bertz CT molecular complexity index is 667. The van der Waals surface area contributed by atoms with Gasteiger partial charge in [0.1, 0.15) is 5.82 Å². The van der Waals surface area contributed by atoms with Crippen molar-refractivity contribution in [3.63, 3.8) is 0 Å². The molecule has 0 radical (unpaired) electrons. The fourth-order valence-corrected chi connectivity index (χ4v) is 4.76. The summed E-state index contributed by atoms with van der Waals surface area (Å²) in [7, 11) is 0. The first-order chi connectivity index (χ1) is 14.0. The number of aromatic nitrogens is 1. The lowest BCUT2D eigenvalue weighted by molar-refractivity contribution is -0.153. The predicted octanol–water partition coefficient (Wildman–Crippen LogP) is 2.57. The van der Waals surface area contributed by atoms with E-state index in [9.17, 15) is 9.59 Å². The molecule has 0 unspecified atom stereocenters. The van der Waals surface area contributed by atoms with Gasteiger partial charge in [0.15, 0.2) is 0 Å². The average Bonchev–Trinajstić information content (AvgIpc) is 3.16. The molecule has 3 rings (SSSR count). The van der Waals surface area contributed by atoms with Crippen LogP contribution < -0.4 is 10.6 Å². The van der Waals surface area contributed by atoms with E-state index < -0.39 is 0 Å². The summed E-state index contributed by atoms with van der Waals surface area (Å²) in [6, 6.07) is 5.96. The number of unbranched alkanes of at least 4 members (excludes halogenated alkanes) is 1. The topological polar surface area (TPSA) is 82.8 Å². The maximum atomic E-state index is 13.3. The van der Waals surface area contributed by atoms with Crippen molar-refractivity contribution in [1.82, 2.24) is 15.0 Å². The van der Waals surface area contributed by atoms with Gasteiger partial charge in [-0.1, -0.05) is 32.3 Å². The number of hydrogen-bond donors (Lipinski definition) is 1. The van der Waals surface area contributed by atoms with Gasteiger partial charge in [-0.3, -0.25) is 14.6 Å². The zero-order chi connectivity index (χ0) is 20.7. The number of pyridine rings is 1.